The number of halogens is 2. The van der Waals surface area contributed by atoms with Crippen molar-refractivity contribution in [1.29, 1.82) is 0 Å². The molecule has 0 spiro atoms. The van der Waals surface area contributed by atoms with E-state index in [4.69, 9.17) is 0 Å². The smallest absolute Gasteiger partial charge is 0.126 e. The number of hydrogen-bond acceptors (Lipinski definition) is 3. The number of imidazole rings is 1. The molecule has 1 aliphatic rings. The average molecular weight is 293 g/mol. The van der Waals surface area contributed by atoms with Crippen molar-refractivity contribution in [3.05, 3.63) is 53.6 Å². The number of rotatable bonds is 4. The Bertz CT molecular complexity index is 609. The number of fused-ring (bicyclic) bond motifs is 1. The number of nitrogens with zero attached hydrogens (tertiary/aromatic N) is 3. The van der Waals surface area contributed by atoms with Gasteiger partial charge in [-0.15, -0.1) is 0 Å². The van der Waals surface area contributed by atoms with Crippen LogP contribution in [0.3, 0.4) is 0 Å². The number of aliphatic hydroxyl groups excluding tert-OH is 1. The Morgan fingerprint density at radius 1 is 1.19 bits per heavy atom. The molecule has 1 aromatic heterocycles. The van der Waals surface area contributed by atoms with Gasteiger partial charge in [0, 0.05) is 38.1 Å². The van der Waals surface area contributed by atoms with Crippen molar-refractivity contribution in [2.75, 3.05) is 13.1 Å². The summed E-state index contributed by atoms with van der Waals surface area (Å²) in [5.74, 6) is -0.319. The summed E-state index contributed by atoms with van der Waals surface area (Å²) < 4.78 is 28.4. The third kappa shape index (κ3) is 3.28. The second kappa shape index (κ2) is 5.91. The predicted octanol–water partition coefficient (Wildman–Crippen LogP) is 2.10. The minimum atomic E-state index is -0.864. The van der Waals surface area contributed by atoms with Crippen molar-refractivity contribution in [2.24, 2.45) is 0 Å². The molecule has 0 saturated carbocycles. The minimum Gasteiger partial charge on any atom is -0.388 e. The Hall–Kier alpha value is -1.79. The van der Waals surface area contributed by atoms with Crippen LogP contribution in [0.5, 0.6) is 0 Å². The van der Waals surface area contributed by atoms with Crippen LogP contribution in [-0.4, -0.2) is 32.6 Å². The molecule has 1 atom stereocenters. The lowest BCUT2D eigenvalue weighted by molar-refractivity contribution is 0.129. The Morgan fingerprint density at radius 2 is 1.95 bits per heavy atom. The molecule has 0 bridgehead atoms. The summed E-state index contributed by atoms with van der Waals surface area (Å²) in [6.45, 7) is 3.15. The maximum absolute atomic E-state index is 13.1. The maximum atomic E-state index is 13.1. The lowest BCUT2D eigenvalue weighted by Gasteiger charge is -2.28. The largest absolute Gasteiger partial charge is 0.388 e. The van der Waals surface area contributed by atoms with Gasteiger partial charge in [0.2, 0.25) is 0 Å². The highest BCUT2D eigenvalue weighted by atomic mass is 19.1. The van der Waals surface area contributed by atoms with E-state index in [1.165, 1.54) is 12.1 Å². The molecule has 2 heterocycles. The van der Waals surface area contributed by atoms with Crippen LogP contribution in [0.25, 0.3) is 0 Å². The second-order valence-electron chi connectivity index (χ2n) is 5.32. The fourth-order valence-electron chi connectivity index (χ4n) is 2.65. The van der Waals surface area contributed by atoms with Gasteiger partial charge in [-0.05, 0) is 24.1 Å². The van der Waals surface area contributed by atoms with Crippen LogP contribution >= 0.6 is 0 Å². The summed E-state index contributed by atoms with van der Waals surface area (Å²) in [7, 11) is 0. The van der Waals surface area contributed by atoms with E-state index in [2.05, 4.69) is 14.5 Å². The predicted molar refractivity (Wildman–Crippen MR) is 73.4 cm³/mol. The molecule has 1 aliphatic heterocycles. The summed E-state index contributed by atoms with van der Waals surface area (Å²) in [6, 6.07) is 3.16. The summed E-state index contributed by atoms with van der Waals surface area (Å²) in [5.41, 5.74) is 0.283. The summed E-state index contributed by atoms with van der Waals surface area (Å²) >= 11 is 0. The molecule has 1 unspecified atom stereocenters. The van der Waals surface area contributed by atoms with Crippen LogP contribution in [0.2, 0.25) is 0 Å². The van der Waals surface area contributed by atoms with Gasteiger partial charge in [0.25, 0.3) is 0 Å². The van der Waals surface area contributed by atoms with E-state index >= 15 is 0 Å². The van der Waals surface area contributed by atoms with Gasteiger partial charge in [0.1, 0.15) is 17.5 Å². The molecule has 6 heteroatoms. The van der Waals surface area contributed by atoms with E-state index < -0.39 is 17.7 Å². The van der Waals surface area contributed by atoms with E-state index in [0.717, 1.165) is 31.5 Å². The van der Waals surface area contributed by atoms with Gasteiger partial charge < -0.3 is 9.67 Å². The molecular formula is C15H17F2N3O. The van der Waals surface area contributed by atoms with Crippen LogP contribution < -0.4 is 0 Å². The van der Waals surface area contributed by atoms with Crippen molar-refractivity contribution in [1.82, 2.24) is 14.5 Å². The number of hydrogen-bond donors (Lipinski definition) is 1. The molecule has 0 radical (unpaired) electrons. The molecule has 0 saturated heterocycles. The molecule has 0 amide bonds. The fourth-order valence-corrected chi connectivity index (χ4v) is 2.65. The zero-order chi connectivity index (χ0) is 14.8. The van der Waals surface area contributed by atoms with E-state index in [-0.39, 0.29) is 5.56 Å². The molecule has 2 aromatic rings. The standard InChI is InChI=1S/C15H17F2N3O/c16-12-7-11(8-13(17)9-12)14(21)1-3-19-5-6-20-4-2-18-15(20)10-19/h2,4,7-9,14,21H,1,3,5-6,10H2. The first-order chi connectivity index (χ1) is 10.1. The van der Waals surface area contributed by atoms with E-state index in [1.54, 1.807) is 6.20 Å². The zero-order valence-electron chi connectivity index (χ0n) is 11.5. The van der Waals surface area contributed by atoms with E-state index in [9.17, 15) is 13.9 Å². The minimum absolute atomic E-state index is 0.283. The highest BCUT2D eigenvalue weighted by molar-refractivity contribution is 5.20. The highest BCUT2D eigenvalue weighted by Crippen LogP contribution is 2.20. The first-order valence-corrected chi connectivity index (χ1v) is 6.98. The number of aliphatic hydroxyl groups is 1. The van der Waals surface area contributed by atoms with Crippen LogP contribution in [0.15, 0.2) is 30.6 Å². The molecule has 0 fully saturated rings. The van der Waals surface area contributed by atoms with Crippen molar-refractivity contribution >= 4 is 0 Å². The zero-order valence-corrected chi connectivity index (χ0v) is 11.5. The molecule has 3 rings (SSSR count). The van der Waals surface area contributed by atoms with Gasteiger partial charge in [-0.1, -0.05) is 0 Å². The van der Waals surface area contributed by atoms with Gasteiger partial charge >= 0.3 is 0 Å². The summed E-state index contributed by atoms with van der Waals surface area (Å²) in [6.07, 6.45) is 3.31. The molecular weight excluding hydrogens is 276 g/mol. The van der Waals surface area contributed by atoms with Gasteiger partial charge in [-0.3, -0.25) is 4.90 Å². The Labute approximate surface area is 121 Å². The van der Waals surface area contributed by atoms with Gasteiger partial charge in [0.15, 0.2) is 0 Å². The maximum Gasteiger partial charge on any atom is 0.126 e. The second-order valence-corrected chi connectivity index (χ2v) is 5.32. The van der Waals surface area contributed by atoms with Crippen LogP contribution in [0.1, 0.15) is 23.9 Å². The van der Waals surface area contributed by atoms with E-state index in [1.807, 2.05) is 6.20 Å². The number of benzene rings is 1. The number of aromatic nitrogens is 2. The van der Waals surface area contributed by atoms with Crippen LogP contribution in [0, 0.1) is 11.6 Å². The monoisotopic (exact) mass is 293 g/mol. The normalized spacial score (nSPS) is 16.7. The van der Waals surface area contributed by atoms with Crippen molar-refractivity contribution < 1.29 is 13.9 Å². The molecule has 4 nitrogen and oxygen atoms in total. The Balaban J connectivity index is 1.58. The Morgan fingerprint density at radius 3 is 2.71 bits per heavy atom. The fraction of sp³-hybridized carbons (Fsp3) is 0.400. The van der Waals surface area contributed by atoms with E-state index in [0.29, 0.717) is 13.0 Å². The lowest BCUT2D eigenvalue weighted by Crippen LogP contribution is -2.34. The SMILES string of the molecule is OC(CCN1CCn2ccnc2C1)c1cc(F)cc(F)c1. The molecule has 21 heavy (non-hydrogen) atoms. The Kier molecular flexibility index (Phi) is 3.98. The molecule has 1 aromatic carbocycles. The quantitative estimate of drug-likeness (QED) is 0.938. The third-order valence-electron chi connectivity index (χ3n) is 3.81. The van der Waals surface area contributed by atoms with Crippen molar-refractivity contribution in [3.63, 3.8) is 0 Å². The first-order valence-electron chi connectivity index (χ1n) is 6.98. The van der Waals surface area contributed by atoms with Gasteiger partial charge in [0.05, 0.1) is 12.6 Å². The van der Waals surface area contributed by atoms with Crippen molar-refractivity contribution in [3.8, 4) is 0 Å². The lowest BCUT2D eigenvalue weighted by atomic mass is 10.1. The molecule has 0 aliphatic carbocycles. The summed E-state index contributed by atoms with van der Waals surface area (Å²) in [5, 5.41) is 10.1. The summed E-state index contributed by atoms with van der Waals surface area (Å²) in [4.78, 5) is 6.46. The molecule has 112 valence electrons. The van der Waals surface area contributed by atoms with Crippen molar-refractivity contribution in [2.45, 2.75) is 25.6 Å². The van der Waals surface area contributed by atoms with Gasteiger partial charge in [-0.25, -0.2) is 13.8 Å². The van der Waals surface area contributed by atoms with Crippen LogP contribution in [-0.2, 0) is 13.1 Å². The first kappa shape index (κ1) is 14.2. The van der Waals surface area contributed by atoms with Gasteiger partial charge in [-0.2, -0.15) is 0 Å². The topological polar surface area (TPSA) is 41.3 Å². The highest BCUT2D eigenvalue weighted by Gasteiger charge is 2.18. The van der Waals surface area contributed by atoms with Crippen LogP contribution in [0.4, 0.5) is 8.78 Å². The molecule has 1 N–H and O–H groups in total. The third-order valence-corrected chi connectivity index (χ3v) is 3.81. The average Bonchev–Trinajstić information content (AvgIpc) is 2.91.